The smallest absolute Gasteiger partial charge is 0.277 e. The molecule has 128 valence electrons. The van der Waals surface area contributed by atoms with Crippen molar-refractivity contribution in [2.24, 2.45) is 0 Å². The van der Waals surface area contributed by atoms with E-state index in [2.05, 4.69) is 11.4 Å². The largest absolute Gasteiger partial charge is 0.496 e. The number of aryl methyl sites for hydroxylation is 2. The fraction of sp³-hybridized carbons (Fsp3) is 0.200. The molecule has 2 amide bonds. The molecule has 0 aliphatic carbocycles. The Labute approximate surface area is 146 Å². The van der Waals surface area contributed by atoms with Gasteiger partial charge in [0.2, 0.25) is 0 Å². The normalized spacial score (nSPS) is 14.3. The van der Waals surface area contributed by atoms with E-state index in [0.717, 1.165) is 21.7 Å². The van der Waals surface area contributed by atoms with Crippen LogP contribution >= 0.6 is 0 Å². The van der Waals surface area contributed by atoms with Gasteiger partial charge in [-0.1, -0.05) is 24.3 Å². The molecule has 25 heavy (non-hydrogen) atoms. The molecule has 3 rings (SSSR count). The number of imide groups is 1. The maximum atomic E-state index is 12.7. The standard InChI is InChI=1S/C20H20N2O3/c1-12-9-13(2)11-14(10-12)21-18-17(19(23)22(3)20(18)24)15-7-5-6-8-16(15)25-4/h5-11,21H,1-4H3. The lowest BCUT2D eigenvalue weighted by Gasteiger charge is -2.12. The number of hydrogen-bond donors (Lipinski definition) is 1. The third-order valence-electron chi connectivity index (χ3n) is 4.15. The zero-order valence-electron chi connectivity index (χ0n) is 14.7. The summed E-state index contributed by atoms with van der Waals surface area (Å²) >= 11 is 0. The van der Waals surface area contributed by atoms with Crippen LogP contribution in [0.4, 0.5) is 5.69 Å². The summed E-state index contributed by atoms with van der Waals surface area (Å²) in [7, 11) is 3.03. The molecule has 1 N–H and O–H groups in total. The van der Waals surface area contributed by atoms with Gasteiger partial charge < -0.3 is 10.1 Å². The Hall–Kier alpha value is -3.08. The van der Waals surface area contributed by atoms with Crippen molar-refractivity contribution in [1.82, 2.24) is 4.90 Å². The second kappa shape index (κ2) is 6.43. The fourth-order valence-corrected chi connectivity index (χ4v) is 3.05. The molecule has 5 heteroatoms. The second-order valence-corrected chi connectivity index (χ2v) is 6.12. The summed E-state index contributed by atoms with van der Waals surface area (Å²) in [6.45, 7) is 3.98. The summed E-state index contributed by atoms with van der Waals surface area (Å²) in [6, 6.07) is 13.1. The number of anilines is 1. The number of nitrogens with zero attached hydrogens (tertiary/aromatic N) is 1. The highest BCUT2D eigenvalue weighted by Crippen LogP contribution is 2.34. The number of hydrogen-bond acceptors (Lipinski definition) is 4. The van der Waals surface area contributed by atoms with E-state index < -0.39 is 0 Å². The van der Waals surface area contributed by atoms with Crippen LogP contribution in [0.1, 0.15) is 16.7 Å². The van der Waals surface area contributed by atoms with Crippen LogP contribution in [-0.4, -0.2) is 30.9 Å². The first-order chi connectivity index (χ1) is 11.9. The van der Waals surface area contributed by atoms with E-state index in [4.69, 9.17) is 4.74 Å². The van der Waals surface area contributed by atoms with Gasteiger partial charge in [-0.2, -0.15) is 0 Å². The third kappa shape index (κ3) is 3.01. The molecule has 0 fully saturated rings. The van der Waals surface area contributed by atoms with Crippen LogP contribution in [0.3, 0.4) is 0 Å². The Morgan fingerprint density at radius 2 is 1.60 bits per heavy atom. The molecule has 0 radical (unpaired) electrons. The molecule has 0 bridgehead atoms. The Morgan fingerprint density at radius 1 is 0.960 bits per heavy atom. The number of rotatable bonds is 4. The summed E-state index contributed by atoms with van der Waals surface area (Å²) < 4.78 is 5.37. The quantitative estimate of drug-likeness (QED) is 0.872. The lowest BCUT2D eigenvalue weighted by molar-refractivity contribution is -0.135. The van der Waals surface area contributed by atoms with Gasteiger partial charge in [0.15, 0.2) is 0 Å². The van der Waals surface area contributed by atoms with Gasteiger partial charge >= 0.3 is 0 Å². The number of methoxy groups -OCH3 is 1. The summed E-state index contributed by atoms with van der Waals surface area (Å²) in [5.41, 5.74) is 4.11. The molecule has 1 aliphatic heterocycles. The molecule has 2 aromatic rings. The summed E-state index contributed by atoms with van der Waals surface area (Å²) in [5.74, 6) is -0.153. The number of nitrogens with one attached hydrogen (secondary N) is 1. The highest BCUT2D eigenvalue weighted by atomic mass is 16.5. The number of carbonyl (C=O) groups is 2. The van der Waals surface area contributed by atoms with Gasteiger partial charge in [-0.25, -0.2) is 0 Å². The Bertz CT molecular complexity index is 879. The SMILES string of the molecule is COc1ccccc1C1=C(Nc2cc(C)cc(C)c2)C(=O)N(C)C1=O. The topological polar surface area (TPSA) is 58.6 Å². The number of amides is 2. The van der Waals surface area contributed by atoms with Crippen LogP contribution in [0.25, 0.3) is 5.57 Å². The van der Waals surface area contributed by atoms with Crippen LogP contribution in [0.5, 0.6) is 5.75 Å². The van der Waals surface area contributed by atoms with E-state index >= 15 is 0 Å². The fourth-order valence-electron chi connectivity index (χ4n) is 3.05. The molecule has 0 saturated heterocycles. The molecular weight excluding hydrogens is 316 g/mol. The molecule has 1 heterocycles. The highest BCUT2D eigenvalue weighted by Gasteiger charge is 2.37. The summed E-state index contributed by atoms with van der Waals surface area (Å²) in [4.78, 5) is 26.4. The van der Waals surface area contributed by atoms with Crippen LogP contribution in [-0.2, 0) is 9.59 Å². The van der Waals surface area contributed by atoms with Crippen molar-refractivity contribution in [3.8, 4) is 5.75 Å². The minimum Gasteiger partial charge on any atom is -0.496 e. The lowest BCUT2D eigenvalue weighted by Crippen LogP contribution is -2.27. The molecule has 1 aliphatic rings. The monoisotopic (exact) mass is 336 g/mol. The van der Waals surface area contributed by atoms with Gasteiger partial charge in [0, 0.05) is 18.3 Å². The average molecular weight is 336 g/mol. The van der Waals surface area contributed by atoms with E-state index in [1.54, 1.807) is 19.2 Å². The van der Waals surface area contributed by atoms with Crippen LogP contribution in [0, 0.1) is 13.8 Å². The van der Waals surface area contributed by atoms with Crippen molar-refractivity contribution in [1.29, 1.82) is 0 Å². The van der Waals surface area contributed by atoms with E-state index in [1.165, 1.54) is 7.05 Å². The van der Waals surface area contributed by atoms with Crippen molar-refractivity contribution in [2.75, 3.05) is 19.5 Å². The number of likely N-dealkylation sites (N-methyl/N-ethyl adjacent to an activating group) is 1. The third-order valence-corrected chi connectivity index (χ3v) is 4.15. The van der Waals surface area contributed by atoms with E-state index in [0.29, 0.717) is 16.9 Å². The Morgan fingerprint density at radius 3 is 2.24 bits per heavy atom. The van der Waals surface area contributed by atoms with Gasteiger partial charge in [-0.05, 0) is 43.2 Å². The van der Waals surface area contributed by atoms with E-state index in [-0.39, 0.29) is 17.5 Å². The minimum atomic E-state index is -0.356. The van der Waals surface area contributed by atoms with Crippen LogP contribution in [0.2, 0.25) is 0 Å². The van der Waals surface area contributed by atoms with Crippen molar-refractivity contribution >= 4 is 23.1 Å². The van der Waals surface area contributed by atoms with E-state index in [9.17, 15) is 9.59 Å². The Balaban J connectivity index is 2.15. The molecule has 5 nitrogen and oxygen atoms in total. The zero-order chi connectivity index (χ0) is 18.1. The molecule has 0 aromatic heterocycles. The maximum Gasteiger partial charge on any atom is 0.277 e. The van der Waals surface area contributed by atoms with Gasteiger partial charge in [0.1, 0.15) is 11.4 Å². The van der Waals surface area contributed by atoms with E-state index in [1.807, 2.05) is 38.1 Å². The van der Waals surface area contributed by atoms with Gasteiger partial charge in [-0.15, -0.1) is 0 Å². The first kappa shape index (κ1) is 16.8. The van der Waals surface area contributed by atoms with Crippen molar-refractivity contribution in [3.63, 3.8) is 0 Å². The molecule has 2 aromatic carbocycles. The number of benzene rings is 2. The van der Waals surface area contributed by atoms with Crippen LogP contribution in [0.15, 0.2) is 48.2 Å². The van der Waals surface area contributed by atoms with Crippen molar-refractivity contribution in [3.05, 3.63) is 64.9 Å². The Kier molecular flexibility index (Phi) is 4.31. The van der Waals surface area contributed by atoms with Gasteiger partial charge in [0.25, 0.3) is 11.8 Å². The lowest BCUT2D eigenvalue weighted by atomic mass is 10.0. The van der Waals surface area contributed by atoms with Crippen LogP contribution < -0.4 is 10.1 Å². The predicted octanol–water partition coefficient (Wildman–Crippen LogP) is 3.13. The molecule has 0 atom stereocenters. The highest BCUT2D eigenvalue weighted by molar-refractivity contribution is 6.36. The average Bonchev–Trinajstić information content (AvgIpc) is 2.78. The minimum absolute atomic E-state index is 0.266. The second-order valence-electron chi connectivity index (χ2n) is 6.12. The molecule has 0 saturated carbocycles. The number of carbonyl (C=O) groups excluding carboxylic acids is 2. The first-order valence-electron chi connectivity index (χ1n) is 7.97. The summed E-state index contributed by atoms with van der Waals surface area (Å²) in [5, 5.41) is 3.15. The zero-order valence-corrected chi connectivity index (χ0v) is 14.7. The van der Waals surface area contributed by atoms with Crippen molar-refractivity contribution in [2.45, 2.75) is 13.8 Å². The first-order valence-corrected chi connectivity index (χ1v) is 7.97. The number of ether oxygens (including phenoxy) is 1. The summed E-state index contributed by atoms with van der Waals surface area (Å²) in [6.07, 6.45) is 0. The molecule has 0 unspecified atom stereocenters. The van der Waals surface area contributed by atoms with Gasteiger partial charge in [-0.3, -0.25) is 14.5 Å². The molecular formula is C20H20N2O3. The maximum absolute atomic E-state index is 12.7. The molecule has 0 spiro atoms. The number of para-hydroxylation sites is 1. The predicted molar refractivity (Wildman–Crippen MR) is 97.2 cm³/mol. The van der Waals surface area contributed by atoms with Crippen molar-refractivity contribution < 1.29 is 14.3 Å². The van der Waals surface area contributed by atoms with Gasteiger partial charge in [0.05, 0.1) is 12.7 Å².